The van der Waals surface area contributed by atoms with Crippen molar-refractivity contribution in [2.24, 2.45) is 0 Å². The molecule has 3 aromatic heterocycles. The Balaban J connectivity index is 1.43. The van der Waals surface area contributed by atoms with E-state index in [0.717, 1.165) is 36.9 Å². The van der Waals surface area contributed by atoms with Crippen molar-refractivity contribution in [3.63, 3.8) is 0 Å². The van der Waals surface area contributed by atoms with E-state index in [4.69, 9.17) is 10.7 Å². The molecule has 0 radical (unpaired) electrons. The van der Waals surface area contributed by atoms with Crippen LogP contribution in [-0.2, 0) is 10.3 Å². The molecule has 6 rings (SSSR count). The van der Waals surface area contributed by atoms with E-state index in [1.54, 1.807) is 25.4 Å². The molecule has 35 heavy (non-hydrogen) atoms. The minimum atomic E-state index is -1.24. The molecule has 1 unspecified atom stereocenters. The number of nitrogens with zero attached hydrogens (tertiary/aromatic N) is 4. The summed E-state index contributed by atoms with van der Waals surface area (Å²) in [6.07, 6.45) is 7.40. The number of carbonyl (C=O) groups is 3. The van der Waals surface area contributed by atoms with Gasteiger partial charge >= 0.3 is 6.03 Å². The molecule has 11 heteroatoms. The predicted octanol–water partition coefficient (Wildman–Crippen LogP) is 1.63. The zero-order chi connectivity index (χ0) is 24.5. The number of nitrogens with one attached hydrogen (secondary N) is 3. The Morgan fingerprint density at radius 1 is 1.17 bits per heavy atom. The molecule has 3 aliphatic rings. The van der Waals surface area contributed by atoms with Crippen LogP contribution in [0.5, 0.6) is 0 Å². The Hall–Kier alpha value is -3.86. The number of anilines is 1. The number of nitrogens with two attached hydrogens (primary N) is 1. The fourth-order valence-corrected chi connectivity index (χ4v) is 5.75. The van der Waals surface area contributed by atoms with E-state index in [1.807, 2.05) is 6.07 Å². The standard InChI is InChI=1S/C24H26N8O3/c1-11(33)18-19(13-7-14-4-5-15(8-13)28-14)29-21-16(10-27-32(21)20(18)25)12-3-6-17(26-9-12)24(2)22(34)30-23(35)31-24/h3,6,9-10,13-15,28H,4-5,7-8,25H2,1-2H3,(H2,30,31,34,35)/t13-,14-,15+,24?. The average molecular weight is 475 g/mol. The number of Topliss-reactive ketones (excluding diaryl/α,β-unsaturated/α-hetero) is 1. The van der Waals surface area contributed by atoms with Crippen molar-refractivity contribution in [3.8, 4) is 11.1 Å². The number of nitrogen functional groups attached to an aromatic ring is 1. The maximum absolute atomic E-state index is 12.6. The van der Waals surface area contributed by atoms with E-state index in [1.165, 1.54) is 11.4 Å². The summed E-state index contributed by atoms with van der Waals surface area (Å²) in [4.78, 5) is 45.9. The van der Waals surface area contributed by atoms with Crippen molar-refractivity contribution in [2.75, 3.05) is 5.73 Å². The van der Waals surface area contributed by atoms with Gasteiger partial charge in [-0.05, 0) is 45.6 Å². The fourth-order valence-electron chi connectivity index (χ4n) is 5.75. The molecule has 2 bridgehead atoms. The van der Waals surface area contributed by atoms with Crippen molar-refractivity contribution in [1.82, 2.24) is 35.5 Å². The first-order valence-corrected chi connectivity index (χ1v) is 11.8. The number of pyridine rings is 1. The van der Waals surface area contributed by atoms with Gasteiger partial charge in [0.1, 0.15) is 5.82 Å². The molecule has 3 fully saturated rings. The molecule has 4 atom stereocenters. The summed E-state index contributed by atoms with van der Waals surface area (Å²) in [6.45, 7) is 3.12. The van der Waals surface area contributed by atoms with Crippen LogP contribution in [0.3, 0.4) is 0 Å². The van der Waals surface area contributed by atoms with E-state index < -0.39 is 17.5 Å². The van der Waals surface area contributed by atoms with E-state index >= 15 is 0 Å². The van der Waals surface area contributed by atoms with Gasteiger partial charge in [0.2, 0.25) is 0 Å². The number of rotatable bonds is 4. The Morgan fingerprint density at radius 2 is 1.91 bits per heavy atom. The molecule has 3 aromatic rings. The lowest BCUT2D eigenvalue weighted by Crippen LogP contribution is -2.41. The average Bonchev–Trinajstić information content (AvgIpc) is 3.48. The summed E-state index contributed by atoms with van der Waals surface area (Å²) >= 11 is 0. The lowest BCUT2D eigenvalue weighted by atomic mass is 9.86. The highest BCUT2D eigenvalue weighted by molar-refractivity contribution is 6.07. The second-order valence-electron chi connectivity index (χ2n) is 9.88. The van der Waals surface area contributed by atoms with Gasteiger partial charge < -0.3 is 16.4 Å². The van der Waals surface area contributed by atoms with Crippen molar-refractivity contribution in [1.29, 1.82) is 0 Å². The Bertz CT molecular complexity index is 1390. The third kappa shape index (κ3) is 3.29. The highest BCUT2D eigenvalue weighted by atomic mass is 16.2. The van der Waals surface area contributed by atoms with Gasteiger partial charge in [-0.1, -0.05) is 6.07 Å². The number of hydrogen-bond acceptors (Lipinski definition) is 8. The van der Waals surface area contributed by atoms with Gasteiger partial charge in [0.15, 0.2) is 17.0 Å². The smallest absolute Gasteiger partial charge is 0.322 e. The van der Waals surface area contributed by atoms with Crippen molar-refractivity contribution in [2.45, 2.75) is 63.1 Å². The van der Waals surface area contributed by atoms with Gasteiger partial charge in [-0.25, -0.2) is 9.78 Å². The summed E-state index contributed by atoms with van der Waals surface area (Å²) in [5.41, 5.74) is 8.85. The number of amides is 3. The van der Waals surface area contributed by atoms with Gasteiger partial charge in [0.25, 0.3) is 5.91 Å². The second kappa shape index (κ2) is 7.57. The summed E-state index contributed by atoms with van der Waals surface area (Å²) in [7, 11) is 0. The maximum Gasteiger partial charge on any atom is 0.322 e. The van der Waals surface area contributed by atoms with Crippen LogP contribution in [0.15, 0.2) is 24.5 Å². The molecule has 180 valence electrons. The molecule has 3 saturated heterocycles. The number of carbonyl (C=O) groups excluding carboxylic acids is 3. The third-order valence-electron chi connectivity index (χ3n) is 7.55. The number of aromatic nitrogens is 4. The highest BCUT2D eigenvalue weighted by Crippen LogP contribution is 2.40. The van der Waals surface area contributed by atoms with Gasteiger partial charge in [-0.2, -0.15) is 9.61 Å². The first-order valence-electron chi connectivity index (χ1n) is 11.8. The van der Waals surface area contributed by atoms with Crippen LogP contribution in [0.2, 0.25) is 0 Å². The molecular formula is C24H26N8O3. The van der Waals surface area contributed by atoms with Gasteiger partial charge in [0, 0.05) is 35.3 Å². The van der Waals surface area contributed by atoms with Crippen LogP contribution in [0.25, 0.3) is 16.8 Å². The normalized spacial score (nSPS) is 27.8. The lowest BCUT2D eigenvalue weighted by molar-refractivity contribution is -0.123. The van der Waals surface area contributed by atoms with Gasteiger partial charge in [-0.3, -0.25) is 19.9 Å². The zero-order valence-electron chi connectivity index (χ0n) is 19.5. The maximum atomic E-state index is 12.6. The number of piperidine rings is 1. The molecule has 0 spiro atoms. The predicted molar refractivity (Wildman–Crippen MR) is 127 cm³/mol. The van der Waals surface area contributed by atoms with Crippen molar-refractivity contribution < 1.29 is 14.4 Å². The summed E-state index contributed by atoms with van der Waals surface area (Å²) in [6, 6.07) is 3.83. The molecule has 3 amide bonds. The zero-order valence-corrected chi connectivity index (χ0v) is 19.5. The minimum Gasteiger partial charge on any atom is -0.383 e. The number of ketones is 1. The fraction of sp³-hybridized carbons (Fsp3) is 0.417. The lowest BCUT2D eigenvalue weighted by Gasteiger charge is -2.30. The largest absolute Gasteiger partial charge is 0.383 e. The Kier molecular flexibility index (Phi) is 4.69. The number of fused-ring (bicyclic) bond motifs is 3. The molecule has 3 aliphatic heterocycles. The van der Waals surface area contributed by atoms with Gasteiger partial charge in [-0.15, -0.1) is 0 Å². The second-order valence-corrected chi connectivity index (χ2v) is 9.88. The molecule has 5 N–H and O–H groups in total. The first kappa shape index (κ1) is 21.7. The molecule has 0 aromatic carbocycles. The third-order valence-corrected chi connectivity index (χ3v) is 7.55. The molecule has 0 saturated carbocycles. The van der Waals surface area contributed by atoms with Gasteiger partial charge in [0.05, 0.1) is 23.1 Å². The van der Waals surface area contributed by atoms with E-state index in [2.05, 4.69) is 26.0 Å². The molecule has 0 aliphatic carbocycles. The van der Waals surface area contributed by atoms with Crippen LogP contribution in [-0.4, -0.2) is 49.4 Å². The van der Waals surface area contributed by atoms with E-state index in [0.29, 0.717) is 34.6 Å². The molecule has 11 nitrogen and oxygen atoms in total. The SMILES string of the molecule is CC(=O)c1c([C@@H]2C[C@H]3CC[C@@H](C2)N3)nc2c(-c3ccc(C4(C)NC(=O)NC4=O)nc3)cnn2c1N. The summed E-state index contributed by atoms with van der Waals surface area (Å²) in [5, 5.41) is 12.9. The topological polar surface area (TPSA) is 156 Å². The quantitative estimate of drug-likeness (QED) is 0.328. The van der Waals surface area contributed by atoms with Crippen LogP contribution < -0.4 is 21.7 Å². The number of urea groups is 1. The molecule has 6 heterocycles. The van der Waals surface area contributed by atoms with E-state index in [-0.39, 0.29) is 17.5 Å². The van der Waals surface area contributed by atoms with Crippen molar-refractivity contribution in [3.05, 3.63) is 41.5 Å². The Labute approximate surface area is 200 Å². The van der Waals surface area contributed by atoms with Crippen LogP contribution in [0.1, 0.15) is 67.2 Å². The van der Waals surface area contributed by atoms with Crippen LogP contribution >= 0.6 is 0 Å². The van der Waals surface area contributed by atoms with E-state index in [9.17, 15) is 14.4 Å². The summed E-state index contributed by atoms with van der Waals surface area (Å²) < 4.78 is 1.51. The molecular weight excluding hydrogens is 448 g/mol. The van der Waals surface area contributed by atoms with Crippen molar-refractivity contribution >= 4 is 29.2 Å². The van der Waals surface area contributed by atoms with Crippen LogP contribution in [0.4, 0.5) is 10.6 Å². The number of hydrogen-bond donors (Lipinski definition) is 4. The first-order chi connectivity index (χ1) is 16.7. The summed E-state index contributed by atoms with van der Waals surface area (Å²) in [5.74, 6) is -0.138. The Morgan fingerprint density at radius 3 is 2.51 bits per heavy atom. The van der Waals surface area contributed by atoms with Crippen LogP contribution in [0, 0.1) is 0 Å². The monoisotopic (exact) mass is 474 g/mol. The minimum absolute atomic E-state index is 0.119. The highest BCUT2D eigenvalue weighted by Gasteiger charge is 2.44. The number of imide groups is 1.